The summed E-state index contributed by atoms with van der Waals surface area (Å²) in [5.41, 5.74) is 0. The Morgan fingerprint density at radius 1 is 1.14 bits per heavy atom. The van der Waals surface area contributed by atoms with E-state index in [9.17, 15) is 4.79 Å². The number of methoxy groups -OCH3 is 2. The first kappa shape index (κ1) is 11.7. The first-order chi connectivity index (χ1) is 11.7. The molecule has 118 valence electrons. The Labute approximate surface area is 130 Å². The third kappa shape index (κ3) is 5.14. The highest BCUT2D eigenvalue weighted by molar-refractivity contribution is 5.77. The first-order valence-electron chi connectivity index (χ1n) is 8.52. The Balaban J connectivity index is 3.09. The number of aromatic nitrogens is 3. The lowest BCUT2D eigenvalue weighted by molar-refractivity contribution is -0.140. The molecule has 0 saturated carbocycles. The van der Waals surface area contributed by atoms with Crippen LogP contribution in [0.1, 0.15) is 25.8 Å². The van der Waals surface area contributed by atoms with Crippen LogP contribution < -0.4 is 14.2 Å². The molecule has 1 rings (SSSR count). The van der Waals surface area contributed by atoms with E-state index < -0.39 is 26.0 Å². The van der Waals surface area contributed by atoms with E-state index in [1.165, 1.54) is 14.2 Å². The van der Waals surface area contributed by atoms with Crippen LogP contribution in [0.2, 0.25) is 0 Å². The quantitative estimate of drug-likeness (QED) is 0.683. The SMILES string of the molecule is [2H]C([2H])N(C([2H])[2H])C(CC(C)C)C(=O)Oc1nc(OC)nc(OC)n1. The van der Waals surface area contributed by atoms with Crippen molar-refractivity contribution in [2.45, 2.75) is 26.3 Å². The van der Waals surface area contributed by atoms with Crippen LogP contribution in [0.5, 0.6) is 18.0 Å². The van der Waals surface area contributed by atoms with Gasteiger partial charge in [0.1, 0.15) is 6.04 Å². The van der Waals surface area contributed by atoms with Gasteiger partial charge in [0.05, 0.1) is 14.2 Å². The highest BCUT2D eigenvalue weighted by Gasteiger charge is 2.25. The molecule has 21 heavy (non-hydrogen) atoms. The third-order valence-electron chi connectivity index (χ3n) is 2.46. The smallest absolute Gasteiger partial charge is 0.333 e. The van der Waals surface area contributed by atoms with Gasteiger partial charge in [0.2, 0.25) is 0 Å². The number of hydrogen-bond acceptors (Lipinski definition) is 8. The molecule has 1 unspecified atom stereocenters. The molecule has 0 saturated heterocycles. The van der Waals surface area contributed by atoms with Crippen molar-refractivity contribution in [2.24, 2.45) is 5.92 Å². The number of ether oxygens (including phenoxy) is 3. The van der Waals surface area contributed by atoms with Gasteiger partial charge in [0.25, 0.3) is 0 Å². The number of likely N-dealkylation sites (N-methyl/N-ethyl adjacent to an activating group) is 1. The van der Waals surface area contributed by atoms with Crippen LogP contribution in [0.25, 0.3) is 0 Å². The molecule has 0 amide bonds. The van der Waals surface area contributed by atoms with E-state index >= 15 is 0 Å². The zero-order chi connectivity index (χ0) is 19.1. The Morgan fingerprint density at radius 3 is 2.10 bits per heavy atom. The topological polar surface area (TPSA) is 86.7 Å². The minimum Gasteiger partial charge on any atom is -0.467 e. The van der Waals surface area contributed by atoms with Gasteiger partial charge in [-0.1, -0.05) is 13.8 Å². The molecule has 8 heteroatoms. The van der Waals surface area contributed by atoms with Crippen molar-refractivity contribution in [3.8, 4) is 18.0 Å². The third-order valence-corrected chi connectivity index (χ3v) is 2.46. The predicted molar refractivity (Wildman–Crippen MR) is 75.5 cm³/mol. The van der Waals surface area contributed by atoms with E-state index in [2.05, 4.69) is 15.0 Å². The summed E-state index contributed by atoms with van der Waals surface area (Å²) in [6.07, 6.45) is 0.195. The molecule has 1 aromatic heterocycles. The van der Waals surface area contributed by atoms with Gasteiger partial charge in [-0.25, -0.2) is 4.79 Å². The van der Waals surface area contributed by atoms with Gasteiger partial charge in [0.15, 0.2) is 0 Å². The molecular formula is C13H22N4O4. The summed E-state index contributed by atoms with van der Waals surface area (Å²) in [6, 6.07) is -1.76. The van der Waals surface area contributed by atoms with Crippen LogP contribution in [0.3, 0.4) is 0 Å². The Kier molecular flexibility index (Phi) is 4.29. The average molecular weight is 302 g/mol. The summed E-state index contributed by atoms with van der Waals surface area (Å²) >= 11 is 0. The molecule has 0 aliphatic rings. The highest BCUT2D eigenvalue weighted by Crippen LogP contribution is 2.16. The van der Waals surface area contributed by atoms with E-state index in [0.717, 1.165) is 4.90 Å². The molecular weight excluding hydrogens is 276 g/mol. The second-order valence-electron chi connectivity index (χ2n) is 4.61. The van der Waals surface area contributed by atoms with Crippen LogP contribution in [0, 0.1) is 5.92 Å². The van der Waals surface area contributed by atoms with Crippen molar-refractivity contribution < 1.29 is 24.5 Å². The minimum absolute atomic E-state index is 0.0000180. The molecule has 0 spiro atoms. The molecule has 0 fully saturated rings. The van der Waals surface area contributed by atoms with Crippen molar-refractivity contribution in [3.05, 3.63) is 0 Å². The lowest BCUT2D eigenvalue weighted by Gasteiger charge is -2.23. The van der Waals surface area contributed by atoms with Crippen LogP contribution in [0.15, 0.2) is 0 Å². The molecule has 1 heterocycles. The van der Waals surface area contributed by atoms with Crippen LogP contribution in [-0.4, -0.2) is 60.1 Å². The van der Waals surface area contributed by atoms with E-state index in [-0.39, 0.29) is 30.4 Å². The molecule has 0 aliphatic heterocycles. The number of carbonyl (C=O) groups is 1. The summed E-state index contributed by atoms with van der Waals surface area (Å²) in [5, 5.41) is 0. The molecule has 8 nitrogen and oxygen atoms in total. The highest BCUT2D eigenvalue weighted by atomic mass is 16.6. The fourth-order valence-electron chi connectivity index (χ4n) is 1.49. The standard InChI is InChI=1S/C13H22N4O4/c1-8(2)7-9(17(3)4)10(18)21-13-15-11(19-5)14-12(16-13)20-6/h8-9H,7H2,1-6H3/i3D2,4D2. The fraction of sp³-hybridized carbons (Fsp3) is 0.692. The van der Waals surface area contributed by atoms with E-state index in [1.807, 2.05) is 13.8 Å². The Bertz CT molecular complexity index is 547. The minimum atomic E-state index is -1.68. The molecule has 0 bridgehead atoms. The summed E-state index contributed by atoms with van der Waals surface area (Å²) < 4.78 is 44.9. The zero-order valence-corrected chi connectivity index (χ0v) is 12.4. The predicted octanol–water partition coefficient (Wildman–Crippen LogP) is 0.770. The van der Waals surface area contributed by atoms with Crippen molar-refractivity contribution in [2.75, 3.05) is 28.2 Å². The summed E-state index contributed by atoms with van der Waals surface area (Å²) in [5.74, 6) is -0.877. The molecule has 0 N–H and O–H groups in total. The molecule has 1 aromatic rings. The normalized spacial score (nSPS) is 15.4. The number of rotatable bonds is 7. The van der Waals surface area contributed by atoms with Gasteiger partial charge in [0, 0.05) is 5.48 Å². The van der Waals surface area contributed by atoms with E-state index in [1.54, 1.807) is 0 Å². The van der Waals surface area contributed by atoms with Crippen molar-refractivity contribution in [3.63, 3.8) is 0 Å². The van der Waals surface area contributed by atoms with Crippen molar-refractivity contribution in [1.29, 1.82) is 0 Å². The van der Waals surface area contributed by atoms with Crippen LogP contribution in [0.4, 0.5) is 0 Å². The summed E-state index contributed by atoms with van der Waals surface area (Å²) in [6.45, 7) is 0.302. The Hall–Kier alpha value is -1.96. The monoisotopic (exact) mass is 302 g/mol. The van der Waals surface area contributed by atoms with Crippen molar-refractivity contribution >= 4 is 5.97 Å². The average Bonchev–Trinajstić information content (AvgIpc) is 2.52. The van der Waals surface area contributed by atoms with E-state index in [4.69, 9.17) is 19.7 Å². The van der Waals surface area contributed by atoms with Gasteiger partial charge in [-0.3, -0.25) is 4.90 Å². The molecule has 0 aromatic carbocycles. The van der Waals surface area contributed by atoms with Crippen LogP contribution in [-0.2, 0) is 4.79 Å². The van der Waals surface area contributed by atoms with Crippen LogP contribution >= 0.6 is 0 Å². The fourth-order valence-corrected chi connectivity index (χ4v) is 1.49. The van der Waals surface area contributed by atoms with Gasteiger partial charge in [-0.05, 0) is 26.3 Å². The largest absolute Gasteiger partial charge is 0.467 e. The lowest BCUT2D eigenvalue weighted by Crippen LogP contribution is -2.39. The maximum atomic E-state index is 12.5. The number of esters is 1. The Morgan fingerprint density at radius 2 is 1.67 bits per heavy atom. The zero-order valence-electron chi connectivity index (χ0n) is 16.4. The molecule has 0 aliphatic carbocycles. The van der Waals surface area contributed by atoms with Crippen molar-refractivity contribution in [1.82, 2.24) is 19.9 Å². The van der Waals surface area contributed by atoms with Gasteiger partial charge >= 0.3 is 24.0 Å². The maximum absolute atomic E-state index is 12.5. The van der Waals surface area contributed by atoms with Gasteiger partial charge < -0.3 is 14.2 Å². The second kappa shape index (κ2) is 7.72. The number of hydrogen-bond donors (Lipinski definition) is 0. The lowest BCUT2D eigenvalue weighted by atomic mass is 10.0. The molecule has 0 radical (unpaired) electrons. The first-order valence-corrected chi connectivity index (χ1v) is 6.21. The van der Waals surface area contributed by atoms with E-state index in [0.29, 0.717) is 0 Å². The van der Waals surface area contributed by atoms with Gasteiger partial charge in [-0.2, -0.15) is 0 Å². The second-order valence-corrected chi connectivity index (χ2v) is 4.61. The maximum Gasteiger partial charge on any atom is 0.333 e. The number of nitrogens with zero attached hydrogens (tertiary/aromatic N) is 4. The number of carbonyl (C=O) groups excluding carboxylic acids is 1. The molecule has 1 atom stereocenters. The summed E-state index contributed by atoms with van der Waals surface area (Å²) in [4.78, 5) is 24.6. The summed E-state index contributed by atoms with van der Waals surface area (Å²) in [7, 11) is 2.64. The van der Waals surface area contributed by atoms with Gasteiger partial charge in [-0.15, -0.1) is 15.0 Å².